The second-order valence-electron chi connectivity index (χ2n) is 7.04. The number of anilines is 1. The van der Waals surface area contributed by atoms with E-state index in [0.717, 1.165) is 28.8 Å². The fourth-order valence-corrected chi connectivity index (χ4v) is 3.68. The minimum atomic E-state index is -4.45. The number of rotatable bonds is 3. The average molecular weight is 407 g/mol. The van der Waals surface area contributed by atoms with Crippen LogP contribution in [0.2, 0.25) is 0 Å². The van der Waals surface area contributed by atoms with Crippen LogP contribution in [0.25, 0.3) is 11.1 Å². The number of nitrogens with zero attached hydrogens (tertiary/aromatic N) is 3. The molecular weight excluding hydrogens is 391 g/mol. The number of carbonyl (C=O) groups is 1. The lowest BCUT2D eigenvalue weighted by Gasteiger charge is -2.18. The summed E-state index contributed by atoms with van der Waals surface area (Å²) in [5, 5.41) is 8.96. The molecule has 3 aromatic rings. The number of benzene rings is 2. The summed E-state index contributed by atoms with van der Waals surface area (Å²) in [6, 6.07) is 14.0. The average Bonchev–Trinajstić information content (AvgIpc) is 3.18. The molecule has 0 saturated heterocycles. The van der Waals surface area contributed by atoms with Crippen LogP contribution in [0.1, 0.15) is 22.3 Å². The van der Waals surface area contributed by atoms with Gasteiger partial charge in [-0.15, -0.1) is 0 Å². The fraction of sp³-hybridized carbons (Fsp3) is 0.174. The Bertz CT molecular complexity index is 1150. The summed E-state index contributed by atoms with van der Waals surface area (Å²) in [6.45, 7) is 0.447. The number of aromatic nitrogens is 1. The van der Waals surface area contributed by atoms with Crippen molar-refractivity contribution in [3.63, 3.8) is 0 Å². The third kappa shape index (κ3) is 3.77. The van der Waals surface area contributed by atoms with Crippen LogP contribution in [0.5, 0.6) is 0 Å². The smallest absolute Gasteiger partial charge is 0.310 e. The molecule has 1 aromatic heterocycles. The Labute approximate surface area is 171 Å². The molecule has 2 aromatic carbocycles. The van der Waals surface area contributed by atoms with Gasteiger partial charge >= 0.3 is 6.18 Å². The Hall–Kier alpha value is -3.66. The molecule has 0 unspecified atom stereocenters. The van der Waals surface area contributed by atoms with Crippen LogP contribution < -0.4 is 4.90 Å². The third-order valence-corrected chi connectivity index (χ3v) is 5.15. The largest absolute Gasteiger partial charge is 0.416 e. The van der Waals surface area contributed by atoms with E-state index in [1.165, 1.54) is 12.1 Å². The highest BCUT2D eigenvalue weighted by Gasteiger charge is 2.31. The number of hydrogen-bond donors (Lipinski definition) is 0. The molecule has 0 bridgehead atoms. The van der Waals surface area contributed by atoms with Gasteiger partial charge in [-0.1, -0.05) is 30.3 Å². The molecule has 2 heterocycles. The lowest BCUT2D eigenvalue weighted by atomic mass is 9.99. The van der Waals surface area contributed by atoms with Gasteiger partial charge in [0, 0.05) is 18.3 Å². The van der Waals surface area contributed by atoms with Crippen molar-refractivity contribution in [1.82, 2.24) is 4.98 Å². The molecule has 1 amide bonds. The number of nitriles is 1. The summed E-state index contributed by atoms with van der Waals surface area (Å²) in [5.74, 6) is -0.271. The number of amides is 1. The van der Waals surface area contributed by atoms with Gasteiger partial charge < -0.3 is 4.90 Å². The van der Waals surface area contributed by atoms with Crippen LogP contribution >= 0.6 is 0 Å². The summed E-state index contributed by atoms with van der Waals surface area (Å²) in [6.07, 6.45) is -0.605. The quantitative estimate of drug-likeness (QED) is 0.628. The predicted molar refractivity (Wildman–Crippen MR) is 106 cm³/mol. The summed E-state index contributed by atoms with van der Waals surface area (Å²) in [4.78, 5) is 18.7. The van der Waals surface area contributed by atoms with Crippen LogP contribution in [-0.4, -0.2) is 17.4 Å². The summed E-state index contributed by atoms with van der Waals surface area (Å²) in [5.41, 5.74) is 3.52. The van der Waals surface area contributed by atoms with Gasteiger partial charge in [-0.3, -0.25) is 9.78 Å². The zero-order chi connectivity index (χ0) is 21.3. The summed E-state index contributed by atoms with van der Waals surface area (Å²) in [7, 11) is 0. The van der Waals surface area contributed by atoms with E-state index in [1.807, 2.05) is 12.1 Å². The second kappa shape index (κ2) is 7.64. The molecule has 0 N–H and O–H groups in total. The molecule has 0 spiro atoms. The molecule has 0 saturated carbocycles. The Kier molecular flexibility index (Phi) is 5.00. The van der Waals surface area contributed by atoms with E-state index in [4.69, 9.17) is 5.26 Å². The van der Waals surface area contributed by atoms with E-state index in [9.17, 15) is 18.0 Å². The molecule has 1 aliphatic heterocycles. The van der Waals surface area contributed by atoms with E-state index >= 15 is 0 Å². The first-order valence-electron chi connectivity index (χ1n) is 9.31. The Balaban J connectivity index is 1.59. The predicted octanol–water partition coefficient (Wildman–Crippen LogP) is 4.77. The van der Waals surface area contributed by atoms with Crippen molar-refractivity contribution in [3.8, 4) is 17.2 Å². The van der Waals surface area contributed by atoms with Gasteiger partial charge in [0.1, 0.15) is 0 Å². The lowest BCUT2D eigenvalue weighted by Crippen LogP contribution is -2.30. The maximum absolute atomic E-state index is 12.9. The zero-order valence-corrected chi connectivity index (χ0v) is 15.8. The second-order valence-corrected chi connectivity index (χ2v) is 7.04. The van der Waals surface area contributed by atoms with Crippen molar-refractivity contribution in [2.24, 2.45) is 0 Å². The van der Waals surface area contributed by atoms with Crippen molar-refractivity contribution in [1.29, 1.82) is 5.26 Å². The van der Waals surface area contributed by atoms with E-state index in [1.54, 1.807) is 29.4 Å². The van der Waals surface area contributed by atoms with Crippen LogP contribution in [0.3, 0.4) is 0 Å². The van der Waals surface area contributed by atoms with E-state index in [0.29, 0.717) is 29.8 Å². The molecule has 150 valence electrons. The maximum Gasteiger partial charge on any atom is 0.416 e. The topological polar surface area (TPSA) is 57.0 Å². The minimum Gasteiger partial charge on any atom is -0.310 e. The normalized spacial score (nSPS) is 13.1. The SMILES string of the molecule is N#Cc1ccc(-c2cncc3c2CCN3C(=O)Cc2cccc(C(F)(F)F)c2)cc1. The highest BCUT2D eigenvalue weighted by atomic mass is 19.4. The number of alkyl halides is 3. The van der Waals surface area contributed by atoms with Gasteiger partial charge in [0.05, 0.1) is 35.5 Å². The van der Waals surface area contributed by atoms with Crippen molar-refractivity contribution in [2.45, 2.75) is 19.0 Å². The number of hydrogen-bond acceptors (Lipinski definition) is 3. The van der Waals surface area contributed by atoms with E-state index in [-0.39, 0.29) is 12.3 Å². The summed E-state index contributed by atoms with van der Waals surface area (Å²) >= 11 is 0. The van der Waals surface area contributed by atoms with Gasteiger partial charge in [-0.05, 0) is 41.3 Å². The zero-order valence-electron chi connectivity index (χ0n) is 15.8. The van der Waals surface area contributed by atoms with Gasteiger partial charge in [0.25, 0.3) is 0 Å². The van der Waals surface area contributed by atoms with Crippen molar-refractivity contribution in [3.05, 3.63) is 83.2 Å². The Morgan fingerprint density at radius 3 is 2.60 bits per heavy atom. The van der Waals surface area contributed by atoms with Crippen LogP contribution in [0, 0.1) is 11.3 Å². The third-order valence-electron chi connectivity index (χ3n) is 5.15. The molecular formula is C23H16F3N3O. The Morgan fingerprint density at radius 1 is 1.13 bits per heavy atom. The molecule has 0 atom stereocenters. The Morgan fingerprint density at radius 2 is 1.90 bits per heavy atom. The van der Waals surface area contributed by atoms with Crippen LogP contribution in [0.15, 0.2) is 60.9 Å². The van der Waals surface area contributed by atoms with Gasteiger partial charge in [0.2, 0.25) is 5.91 Å². The molecule has 4 nitrogen and oxygen atoms in total. The van der Waals surface area contributed by atoms with E-state index < -0.39 is 11.7 Å². The molecule has 0 aliphatic carbocycles. The first kappa shape index (κ1) is 19.6. The highest BCUT2D eigenvalue weighted by molar-refractivity contribution is 5.98. The van der Waals surface area contributed by atoms with Gasteiger partial charge in [-0.25, -0.2) is 0 Å². The number of carbonyl (C=O) groups excluding carboxylic acids is 1. The van der Waals surface area contributed by atoms with Crippen molar-refractivity contribution < 1.29 is 18.0 Å². The highest BCUT2D eigenvalue weighted by Crippen LogP contribution is 2.36. The standard InChI is InChI=1S/C23H16F3N3O/c24-23(25,26)18-3-1-2-16(10-18)11-22(30)29-9-8-19-20(13-28-14-21(19)29)17-6-4-15(12-27)5-7-17/h1-7,10,13-14H,8-9,11H2. The fourth-order valence-electron chi connectivity index (χ4n) is 3.68. The van der Waals surface area contributed by atoms with E-state index in [2.05, 4.69) is 11.1 Å². The first-order valence-corrected chi connectivity index (χ1v) is 9.31. The molecule has 7 heteroatoms. The number of halogens is 3. The van der Waals surface area contributed by atoms with Gasteiger partial charge in [0.15, 0.2) is 0 Å². The van der Waals surface area contributed by atoms with Crippen LogP contribution in [0.4, 0.5) is 18.9 Å². The maximum atomic E-state index is 12.9. The molecule has 4 rings (SSSR count). The molecule has 30 heavy (non-hydrogen) atoms. The summed E-state index contributed by atoms with van der Waals surface area (Å²) < 4.78 is 38.8. The van der Waals surface area contributed by atoms with Crippen molar-refractivity contribution >= 4 is 11.6 Å². The number of fused-ring (bicyclic) bond motifs is 1. The molecule has 0 radical (unpaired) electrons. The first-order chi connectivity index (χ1) is 14.4. The molecule has 1 aliphatic rings. The number of pyridine rings is 1. The minimum absolute atomic E-state index is 0.121. The van der Waals surface area contributed by atoms with Crippen molar-refractivity contribution in [2.75, 3.05) is 11.4 Å². The molecule has 0 fully saturated rings. The van der Waals surface area contributed by atoms with Gasteiger partial charge in [-0.2, -0.15) is 18.4 Å². The lowest BCUT2D eigenvalue weighted by molar-refractivity contribution is -0.137. The van der Waals surface area contributed by atoms with Crippen LogP contribution in [-0.2, 0) is 23.8 Å². The monoisotopic (exact) mass is 407 g/mol.